The molecule has 1 saturated heterocycles. The van der Waals surface area contributed by atoms with Crippen LogP contribution in [-0.4, -0.2) is 29.4 Å². The summed E-state index contributed by atoms with van der Waals surface area (Å²) in [6.45, 7) is 0.722. The average Bonchev–Trinajstić information content (AvgIpc) is 3.37. The molecular weight excluding hydrogens is 388 g/mol. The van der Waals surface area contributed by atoms with E-state index in [1.54, 1.807) is 13.3 Å². The van der Waals surface area contributed by atoms with Crippen molar-refractivity contribution in [2.45, 2.75) is 31.7 Å². The summed E-state index contributed by atoms with van der Waals surface area (Å²) in [5.41, 5.74) is 2.01. The molecule has 6 heteroatoms. The molecule has 1 atom stereocenters. The molecular formula is C23H23ClN2O3. The molecule has 1 aliphatic heterocycles. The standard InChI is InChI=1S/C23H23ClN2O3/c1-28-19-8-3-6-17(12-19)14-22(27)26-10-4-9-21(26)23-25-15-20(29-23)13-16-5-2-7-18(24)11-16/h2-3,5-8,11-12,15,21H,4,9-10,13-14H2,1H3. The van der Waals surface area contributed by atoms with E-state index in [0.717, 1.165) is 42.0 Å². The van der Waals surface area contributed by atoms with Crippen LogP contribution >= 0.6 is 11.6 Å². The zero-order valence-electron chi connectivity index (χ0n) is 16.3. The SMILES string of the molecule is COc1cccc(CC(=O)N2CCCC2c2ncc(Cc3cccc(Cl)c3)o2)c1. The second-order valence-corrected chi connectivity index (χ2v) is 7.68. The summed E-state index contributed by atoms with van der Waals surface area (Å²) in [5.74, 6) is 2.22. The summed E-state index contributed by atoms with van der Waals surface area (Å²) in [7, 11) is 1.63. The van der Waals surface area contributed by atoms with Gasteiger partial charge < -0.3 is 14.1 Å². The van der Waals surface area contributed by atoms with E-state index in [9.17, 15) is 4.79 Å². The number of carbonyl (C=O) groups excluding carboxylic acids is 1. The van der Waals surface area contributed by atoms with E-state index in [1.165, 1.54) is 0 Å². The van der Waals surface area contributed by atoms with Gasteiger partial charge in [0, 0.05) is 18.0 Å². The van der Waals surface area contributed by atoms with Crippen molar-refractivity contribution in [3.05, 3.63) is 82.5 Å². The first-order valence-corrected chi connectivity index (χ1v) is 10.1. The normalized spacial score (nSPS) is 16.2. The van der Waals surface area contributed by atoms with Gasteiger partial charge in [-0.15, -0.1) is 0 Å². The van der Waals surface area contributed by atoms with Crippen molar-refractivity contribution in [1.82, 2.24) is 9.88 Å². The maximum atomic E-state index is 12.9. The van der Waals surface area contributed by atoms with E-state index in [4.69, 9.17) is 20.8 Å². The number of rotatable bonds is 6. The van der Waals surface area contributed by atoms with E-state index in [2.05, 4.69) is 4.98 Å². The van der Waals surface area contributed by atoms with Crippen LogP contribution < -0.4 is 4.74 Å². The molecule has 0 saturated carbocycles. The Kier molecular flexibility index (Phi) is 5.86. The highest BCUT2D eigenvalue weighted by molar-refractivity contribution is 6.30. The summed E-state index contributed by atoms with van der Waals surface area (Å²) >= 11 is 6.06. The first kappa shape index (κ1) is 19.5. The first-order valence-electron chi connectivity index (χ1n) is 9.74. The number of methoxy groups -OCH3 is 1. The Morgan fingerprint density at radius 2 is 2.07 bits per heavy atom. The lowest BCUT2D eigenvalue weighted by atomic mass is 10.1. The van der Waals surface area contributed by atoms with Crippen molar-refractivity contribution in [3.63, 3.8) is 0 Å². The lowest BCUT2D eigenvalue weighted by molar-refractivity contribution is -0.131. The number of halogens is 1. The molecule has 0 N–H and O–H groups in total. The van der Waals surface area contributed by atoms with Gasteiger partial charge in [0.1, 0.15) is 17.6 Å². The van der Waals surface area contributed by atoms with Crippen molar-refractivity contribution in [2.75, 3.05) is 13.7 Å². The molecule has 4 rings (SSSR count). The van der Waals surface area contributed by atoms with Crippen LogP contribution in [0, 0.1) is 0 Å². The van der Waals surface area contributed by atoms with Gasteiger partial charge in [-0.05, 0) is 48.2 Å². The number of aromatic nitrogens is 1. The third kappa shape index (κ3) is 4.62. The number of ether oxygens (including phenoxy) is 1. The fourth-order valence-corrected chi connectivity index (χ4v) is 4.00. The molecule has 3 aromatic rings. The molecule has 1 fully saturated rings. The smallest absolute Gasteiger partial charge is 0.227 e. The molecule has 150 valence electrons. The summed E-state index contributed by atoms with van der Waals surface area (Å²) < 4.78 is 11.3. The highest BCUT2D eigenvalue weighted by atomic mass is 35.5. The number of benzene rings is 2. The van der Waals surface area contributed by atoms with Crippen LogP contribution in [-0.2, 0) is 17.6 Å². The minimum atomic E-state index is -0.110. The second-order valence-electron chi connectivity index (χ2n) is 7.24. The largest absolute Gasteiger partial charge is 0.497 e. The Balaban J connectivity index is 1.45. The molecule has 1 unspecified atom stereocenters. The van der Waals surface area contributed by atoms with Crippen LogP contribution in [0.4, 0.5) is 0 Å². The maximum absolute atomic E-state index is 12.9. The summed E-state index contributed by atoms with van der Waals surface area (Å²) in [5, 5.41) is 0.701. The lowest BCUT2D eigenvalue weighted by Gasteiger charge is -2.22. The highest BCUT2D eigenvalue weighted by Gasteiger charge is 2.33. The number of nitrogens with zero attached hydrogens (tertiary/aromatic N) is 2. The number of hydrogen-bond donors (Lipinski definition) is 0. The molecule has 0 radical (unpaired) electrons. The minimum Gasteiger partial charge on any atom is -0.497 e. The van der Waals surface area contributed by atoms with Crippen LogP contribution in [0.15, 0.2) is 59.1 Å². The van der Waals surface area contributed by atoms with E-state index >= 15 is 0 Å². The van der Waals surface area contributed by atoms with Crippen LogP contribution in [0.5, 0.6) is 5.75 Å². The summed E-state index contributed by atoms with van der Waals surface area (Å²) in [4.78, 5) is 19.3. The van der Waals surface area contributed by atoms with Crippen molar-refractivity contribution < 1.29 is 13.9 Å². The molecule has 1 aliphatic rings. The molecule has 2 aromatic carbocycles. The van der Waals surface area contributed by atoms with Gasteiger partial charge in [-0.1, -0.05) is 35.9 Å². The first-order chi connectivity index (χ1) is 14.1. The molecule has 2 heterocycles. The fourth-order valence-electron chi connectivity index (χ4n) is 3.79. The third-order valence-electron chi connectivity index (χ3n) is 5.19. The van der Waals surface area contributed by atoms with E-state index in [0.29, 0.717) is 23.8 Å². The monoisotopic (exact) mass is 410 g/mol. The average molecular weight is 411 g/mol. The van der Waals surface area contributed by atoms with Crippen LogP contribution in [0.3, 0.4) is 0 Å². The number of oxazole rings is 1. The third-order valence-corrected chi connectivity index (χ3v) is 5.42. The quantitative estimate of drug-likeness (QED) is 0.583. The van der Waals surface area contributed by atoms with Crippen LogP contribution in [0.1, 0.15) is 41.7 Å². The Bertz CT molecular complexity index is 1000. The molecule has 1 aromatic heterocycles. The molecule has 29 heavy (non-hydrogen) atoms. The highest BCUT2D eigenvalue weighted by Crippen LogP contribution is 2.32. The Hall–Kier alpha value is -2.79. The van der Waals surface area contributed by atoms with Crippen molar-refractivity contribution in [3.8, 4) is 5.75 Å². The van der Waals surface area contributed by atoms with Crippen LogP contribution in [0.2, 0.25) is 5.02 Å². The van der Waals surface area contributed by atoms with Gasteiger partial charge in [-0.25, -0.2) is 4.98 Å². The fraction of sp³-hybridized carbons (Fsp3) is 0.304. The number of likely N-dealkylation sites (tertiary alicyclic amines) is 1. The van der Waals surface area contributed by atoms with E-state index in [-0.39, 0.29) is 11.9 Å². The zero-order valence-corrected chi connectivity index (χ0v) is 17.1. The zero-order chi connectivity index (χ0) is 20.2. The molecule has 0 bridgehead atoms. The molecule has 0 spiro atoms. The van der Waals surface area contributed by atoms with Gasteiger partial charge in [-0.2, -0.15) is 0 Å². The summed E-state index contributed by atoms with van der Waals surface area (Å²) in [6.07, 6.45) is 4.52. The van der Waals surface area contributed by atoms with Crippen molar-refractivity contribution >= 4 is 17.5 Å². The van der Waals surface area contributed by atoms with Crippen molar-refractivity contribution in [2.24, 2.45) is 0 Å². The molecule has 0 aliphatic carbocycles. The Labute approximate surface area is 175 Å². The van der Waals surface area contributed by atoms with Crippen molar-refractivity contribution in [1.29, 1.82) is 0 Å². The lowest BCUT2D eigenvalue weighted by Crippen LogP contribution is -2.32. The Morgan fingerprint density at radius 3 is 2.90 bits per heavy atom. The van der Waals surface area contributed by atoms with Gasteiger partial charge in [0.15, 0.2) is 0 Å². The second kappa shape index (κ2) is 8.70. The van der Waals surface area contributed by atoms with Gasteiger partial charge >= 0.3 is 0 Å². The Morgan fingerprint density at radius 1 is 1.24 bits per heavy atom. The topological polar surface area (TPSA) is 55.6 Å². The molecule has 5 nitrogen and oxygen atoms in total. The van der Waals surface area contributed by atoms with Gasteiger partial charge in [0.2, 0.25) is 11.8 Å². The number of hydrogen-bond acceptors (Lipinski definition) is 4. The minimum absolute atomic E-state index is 0.0790. The van der Waals surface area contributed by atoms with E-state index < -0.39 is 0 Å². The summed E-state index contributed by atoms with van der Waals surface area (Å²) in [6, 6.07) is 15.2. The van der Waals surface area contributed by atoms with Gasteiger partial charge in [0.05, 0.1) is 19.7 Å². The van der Waals surface area contributed by atoms with E-state index in [1.807, 2.05) is 53.4 Å². The van der Waals surface area contributed by atoms with Gasteiger partial charge in [-0.3, -0.25) is 4.79 Å². The van der Waals surface area contributed by atoms with Crippen LogP contribution in [0.25, 0.3) is 0 Å². The molecule has 1 amide bonds. The number of carbonyl (C=O) groups is 1. The predicted octanol–water partition coefficient (Wildman–Crippen LogP) is 4.83. The number of amides is 1. The van der Waals surface area contributed by atoms with Gasteiger partial charge in [0.25, 0.3) is 0 Å². The predicted molar refractivity (Wildman–Crippen MR) is 111 cm³/mol. The maximum Gasteiger partial charge on any atom is 0.227 e.